The molecule has 1 N–H and O–H groups in total. The van der Waals surface area contributed by atoms with Crippen molar-refractivity contribution in [3.05, 3.63) is 82.3 Å². The van der Waals surface area contributed by atoms with Crippen LogP contribution >= 0.6 is 11.6 Å². The van der Waals surface area contributed by atoms with Crippen LogP contribution in [-0.4, -0.2) is 53.8 Å². The summed E-state index contributed by atoms with van der Waals surface area (Å²) in [7, 11) is 3.90. The van der Waals surface area contributed by atoms with E-state index in [-0.39, 0.29) is 11.3 Å². The van der Waals surface area contributed by atoms with Crippen LogP contribution < -0.4 is 0 Å². The van der Waals surface area contributed by atoms with E-state index in [2.05, 4.69) is 0 Å². The van der Waals surface area contributed by atoms with Crippen molar-refractivity contribution in [1.82, 2.24) is 9.80 Å². The van der Waals surface area contributed by atoms with Crippen LogP contribution in [-0.2, 0) is 4.79 Å². The van der Waals surface area contributed by atoms with Crippen LogP contribution in [0.2, 0.25) is 5.02 Å². The molecule has 4 rings (SSSR count). The van der Waals surface area contributed by atoms with E-state index >= 15 is 0 Å². The molecule has 31 heavy (non-hydrogen) atoms. The van der Waals surface area contributed by atoms with Crippen molar-refractivity contribution >= 4 is 34.3 Å². The number of hydrogen-bond acceptors (Lipinski definition) is 5. The molecule has 0 radical (unpaired) electrons. The van der Waals surface area contributed by atoms with Crippen molar-refractivity contribution in [2.75, 3.05) is 27.2 Å². The van der Waals surface area contributed by atoms with E-state index in [1.165, 1.54) is 4.90 Å². The number of nitrogens with zero attached hydrogens (tertiary/aromatic N) is 2. The molecule has 1 amide bonds. The van der Waals surface area contributed by atoms with Gasteiger partial charge in [0.2, 0.25) is 5.78 Å². The second kappa shape index (κ2) is 8.57. The molecule has 2 aromatic carbocycles. The average Bonchev–Trinajstić information content (AvgIpc) is 3.28. The van der Waals surface area contributed by atoms with Crippen molar-refractivity contribution in [1.29, 1.82) is 0 Å². The highest BCUT2D eigenvalue weighted by molar-refractivity contribution is 6.30. The smallest absolute Gasteiger partial charge is 0.290 e. The fourth-order valence-corrected chi connectivity index (χ4v) is 4.12. The van der Waals surface area contributed by atoms with Gasteiger partial charge >= 0.3 is 0 Å². The van der Waals surface area contributed by atoms with Gasteiger partial charge in [-0.1, -0.05) is 41.9 Å². The largest absolute Gasteiger partial charge is 0.503 e. The Morgan fingerprint density at radius 3 is 2.65 bits per heavy atom. The van der Waals surface area contributed by atoms with E-state index in [9.17, 15) is 14.7 Å². The van der Waals surface area contributed by atoms with Gasteiger partial charge in [0.25, 0.3) is 5.91 Å². The number of rotatable bonds is 7. The van der Waals surface area contributed by atoms with Gasteiger partial charge in [-0.3, -0.25) is 9.59 Å². The molecule has 1 aliphatic rings. The number of aliphatic hydroxyl groups excluding tert-OH is 1. The summed E-state index contributed by atoms with van der Waals surface area (Å²) >= 11 is 6.20. The first-order chi connectivity index (χ1) is 14.9. The third-order valence-corrected chi connectivity index (χ3v) is 5.60. The quantitative estimate of drug-likeness (QED) is 0.545. The summed E-state index contributed by atoms with van der Waals surface area (Å²) < 4.78 is 5.72. The molecule has 160 valence electrons. The lowest BCUT2D eigenvalue weighted by molar-refractivity contribution is -0.129. The maximum absolute atomic E-state index is 13.4. The van der Waals surface area contributed by atoms with Crippen LogP contribution in [0.3, 0.4) is 0 Å². The standard InChI is InChI=1S/C24H23ClN2O4/c1-26(2)11-6-12-27-21(16-8-5-9-17(25)13-16)20(23(29)24(27)30)22(28)19-14-15-7-3-4-10-18(15)31-19/h3-5,7-10,13-14,21,29H,6,11-12H2,1-2H3/t21-/m0/s1. The molecular formula is C24H23ClN2O4. The molecule has 2 heterocycles. The number of benzene rings is 2. The van der Waals surface area contributed by atoms with Crippen LogP contribution in [0.25, 0.3) is 11.0 Å². The first-order valence-corrected chi connectivity index (χ1v) is 10.4. The number of halogens is 1. The van der Waals surface area contributed by atoms with Crippen molar-refractivity contribution in [3.8, 4) is 0 Å². The van der Waals surface area contributed by atoms with Crippen molar-refractivity contribution in [2.45, 2.75) is 12.5 Å². The molecule has 6 nitrogen and oxygen atoms in total. The molecule has 0 bridgehead atoms. The van der Waals surface area contributed by atoms with Crippen molar-refractivity contribution in [3.63, 3.8) is 0 Å². The fraction of sp³-hybridized carbons (Fsp3) is 0.250. The third-order valence-electron chi connectivity index (χ3n) is 5.37. The molecule has 0 saturated heterocycles. The summed E-state index contributed by atoms with van der Waals surface area (Å²) in [6.07, 6.45) is 0.690. The maximum atomic E-state index is 13.4. The summed E-state index contributed by atoms with van der Waals surface area (Å²) in [5.74, 6) is -1.54. The highest BCUT2D eigenvalue weighted by Crippen LogP contribution is 2.40. The molecular weight excluding hydrogens is 416 g/mol. The molecule has 0 spiro atoms. The zero-order chi connectivity index (χ0) is 22.1. The van der Waals surface area contributed by atoms with Gasteiger partial charge in [0.15, 0.2) is 11.5 Å². The number of ketones is 1. The van der Waals surface area contributed by atoms with Crippen LogP contribution in [0, 0.1) is 0 Å². The predicted octanol–water partition coefficient (Wildman–Crippen LogP) is 4.62. The minimum absolute atomic E-state index is 0.0103. The molecule has 0 aliphatic carbocycles. The first-order valence-electron chi connectivity index (χ1n) is 10.0. The highest BCUT2D eigenvalue weighted by Gasteiger charge is 2.44. The van der Waals surface area contributed by atoms with E-state index in [0.717, 1.165) is 11.9 Å². The summed E-state index contributed by atoms with van der Waals surface area (Å²) in [5, 5.41) is 12.0. The maximum Gasteiger partial charge on any atom is 0.290 e. The topological polar surface area (TPSA) is 74.0 Å². The van der Waals surface area contributed by atoms with E-state index < -0.39 is 23.5 Å². The van der Waals surface area contributed by atoms with Crippen molar-refractivity contribution < 1.29 is 19.1 Å². The minimum atomic E-state index is -0.742. The number of hydrogen-bond donors (Lipinski definition) is 1. The van der Waals surface area contributed by atoms with E-state index in [4.69, 9.17) is 16.0 Å². The van der Waals surface area contributed by atoms with Crippen LogP contribution in [0.15, 0.2) is 70.3 Å². The Kier molecular flexibility index (Phi) is 5.85. The minimum Gasteiger partial charge on any atom is -0.503 e. The van der Waals surface area contributed by atoms with Gasteiger partial charge in [0.1, 0.15) is 5.58 Å². The highest BCUT2D eigenvalue weighted by atomic mass is 35.5. The molecule has 1 aromatic heterocycles. The molecule has 1 atom stereocenters. The molecule has 3 aromatic rings. The Hall–Kier alpha value is -3.09. The van der Waals surface area contributed by atoms with Gasteiger partial charge in [-0.05, 0) is 56.9 Å². The Morgan fingerprint density at radius 2 is 1.94 bits per heavy atom. The van der Waals surface area contributed by atoms with Crippen LogP contribution in [0.5, 0.6) is 0 Å². The molecule has 7 heteroatoms. The lowest BCUT2D eigenvalue weighted by atomic mass is 9.95. The van der Waals surface area contributed by atoms with Crippen molar-refractivity contribution in [2.24, 2.45) is 0 Å². The number of aliphatic hydroxyl groups is 1. The molecule has 1 aliphatic heterocycles. The second-order valence-corrected chi connectivity index (χ2v) is 8.29. The Morgan fingerprint density at radius 1 is 1.16 bits per heavy atom. The lowest BCUT2D eigenvalue weighted by Crippen LogP contribution is -2.33. The zero-order valence-corrected chi connectivity index (χ0v) is 18.1. The average molecular weight is 439 g/mol. The van der Waals surface area contributed by atoms with E-state index in [1.54, 1.807) is 36.4 Å². The summed E-state index contributed by atoms with van der Waals surface area (Å²) in [5.41, 5.74) is 1.24. The Balaban J connectivity index is 1.75. The second-order valence-electron chi connectivity index (χ2n) is 7.85. The molecule has 0 unspecified atom stereocenters. The monoisotopic (exact) mass is 438 g/mol. The number of para-hydroxylation sites is 1. The van der Waals surface area contributed by atoms with Gasteiger partial charge in [-0.2, -0.15) is 0 Å². The zero-order valence-electron chi connectivity index (χ0n) is 17.3. The predicted molar refractivity (Wildman–Crippen MR) is 119 cm³/mol. The number of carbonyl (C=O) groups is 2. The van der Waals surface area contributed by atoms with Gasteiger partial charge in [-0.25, -0.2) is 0 Å². The number of carbonyl (C=O) groups excluding carboxylic acids is 2. The Bertz CT molecular complexity index is 1150. The van der Waals surface area contributed by atoms with Gasteiger partial charge < -0.3 is 19.3 Å². The van der Waals surface area contributed by atoms with Crippen LogP contribution in [0.4, 0.5) is 0 Å². The molecule has 0 saturated carbocycles. The van der Waals surface area contributed by atoms with Gasteiger partial charge in [0, 0.05) is 17.0 Å². The number of furan rings is 1. The first kappa shape index (κ1) is 21.2. The number of Topliss-reactive ketones (excluding diaryl/α,β-unsaturated/α-hetero) is 1. The summed E-state index contributed by atoms with van der Waals surface area (Å²) in [4.78, 5) is 29.9. The fourth-order valence-electron chi connectivity index (χ4n) is 3.92. The molecule has 0 fully saturated rings. The Labute approximate surface area is 185 Å². The summed E-state index contributed by atoms with van der Waals surface area (Å²) in [6, 6.07) is 15.2. The number of amides is 1. The normalized spacial score (nSPS) is 16.7. The van der Waals surface area contributed by atoms with Gasteiger partial charge in [0.05, 0.1) is 11.6 Å². The SMILES string of the molecule is CN(C)CCCN1C(=O)C(O)=C(C(=O)c2cc3ccccc3o2)[C@@H]1c1cccc(Cl)c1. The van der Waals surface area contributed by atoms with Gasteiger partial charge in [-0.15, -0.1) is 0 Å². The van der Waals surface area contributed by atoms with Crippen LogP contribution in [0.1, 0.15) is 28.6 Å². The number of fused-ring (bicyclic) bond motifs is 1. The summed E-state index contributed by atoms with van der Waals surface area (Å²) in [6.45, 7) is 1.15. The van der Waals surface area contributed by atoms with E-state index in [1.807, 2.05) is 37.2 Å². The third kappa shape index (κ3) is 4.09. The lowest BCUT2D eigenvalue weighted by Gasteiger charge is -2.27. The van der Waals surface area contributed by atoms with E-state index in [0.29, 0.717) is 29.1 Å².